The monoisotopic (exact) mass is 853 g/mol. The first-order valence-electron chi connectivity index (χ1n) is 20.2. The van der Waals surface area contributed by atoms with Crippen molar-refractivity contribution in [2.75, 3.05) is 19.5 Å². The van der Waals surface area contributed by atoms with Gasteiger partial charge in [-0.3, -0.25) is 14.9 Å². The Morgan fingerprint density at radius 3 is 2.44 bits per heavy atom. The van der Waals surface area contributed by atoms with E-state index in [1.54, 1.807) is 11.4 Å². The van der Waals surface area contributed by atoms with Crippen LogP contribution in [0.2, 0.25) is 0 Å². The normalized spacial score (nSPS) is 22.2. The molecule has 2 aromatic heterocycles. The molecular weight excluding hydrogens is 801 g/mol. The van der Waals surface area contributed by atoms with Crippen LogP contribution in [0.4, 0.5) is 9.93 Å². The highest BCUT2D eigenvalue weighted by Gasteiger charge is 2.68. The summed E-state index contributed by atoms with van der Waals surface area (Å²) in [6, 6.07) is 14.0. The topological polar surface area (TPSA) is 197 Å². The molecule has 3 aliphatic carbocycles. The highest BCUT2D eigenvalue weighted by molar-refractivity contribution is 7.13. The number of anilines is 1. The standard InChI is InChI=1S/C44H52BN5O10S/c1-42(2,3)29-15-14-27(39(53)54)36(57-8)28(29)21-33(45-59-32-20-26-19-31(43(26,4)5)44(32,6)60-45)48-38(52)35(49-37(51)25-16-17-46-34(18-25)56-7)30-23-61-40(47-30)50-41(55)58-22-24-12-10-9-11-13-24/h9-18,23,26,31-33,35H,19-22H2,1-8H3,(H,48,52)(H,49,51)(H,53,54)(H,47,50,55)/t26-,31+,32?,33?,35?,44+/m1/s1. The molecule has 4 aliphatic rings. The van der Waals surface area contributed by atoms with Gasteiger partial charge in [0.15, 0.2) is 11.2 Å². The summed E-state index contributed by atoms with van der Waals surface area (Å²) in [5.74, 6) is -2.34. The molecule has 3 heterocycles. The Hall–Kier alpha value is -5.52. The lowest BCUT2D eigenvalue weighted by molar-refractivity contribution is -0.199. The lowest BCUT2D eigenvalue weighted by atomic mass is 9.43. The highest BCUT2D eigenvalue weighted by atomic mass is 32.1. The molecule has 6 atom stereocenters. The molecule has 61 heavy (non-hydrogen) atoms. The fraction of sp³-hybridized carbons (Fsp3) is 0.455. The van der Waals surface area contributed by atoms with Crippen LogP contribution in [0.25, 0.3) is 0 Å². The van der Waals surface area contributed by atoms with Crippen molar-refractivity contribution in [3.05, 3.63) is 99.7 Å². The van der Waals surface area contributed by atoms with Gasteiger partial charge in [-0.05, 0) is 72.1 Å². The molecule has 3 amide bonds. The van der Waals surface area contributed by atoms with Crippen LogP contribution in [0.1, 0.15) is 104 Å². The fourth-order valence-corrected chi connectivity index (χ4v) is 9.90. The Bertz CT molecular complexity index is 2300. The van der Waals surface area contributed by atoms with E-state index in [-0.39, 0.29) is 64.0 Å². The second kappa shape index (κ2) is 17.1. The molecule has 3 saturated carbocycles. The van der Waals surface area contributed by atoms with E-state index in [1.165, 1.54) is 38.6 Å². The van der Waals surface area contributed by atoms with Gasteiger partial charge in [-0.1, -0.05) is 71.0 Å². The molecule has 8 rings (SSSR count). The van der Waals surface area contributed by atoms with E-state index >= 15 is 0 Å². The first-order chi connectivity index (χ1) is 28.9. The van der Waals surface area contributed by atoms with Gasteiger partial charge in [0.1, 0.15) is 17.9 Å². The number of ether oxygens (including phenoxy) is 3. The predicted octanol–water partition coefficient (Wildman–Crippen LogP) is 6.77. The maximum atomic E-state index is 14.9. The molecule has 2 aromatic carbocycles. The number of methoxy groups -OCH3 is 2. The van der Waals surface area contributed by atoms with Crippen molar-refractivity contribution in [2.24, 2.45) is 17.3 Å². The zero-order valence-electron chi connectivity index (χ0n) is 35.6. The van der Waals surface area contributed by atoms with Gasteiger partial charge in [0.25, 0.3) is 5.91 Å². The minimum absolute atomic E-state index is 0.0317. The third kappa shape index (κ3) is 8.82. The number of nitrogens with zero attached hydrogens (tertiary/aromatic N) is 2. The van der Waals surface area contributed by atoms with E-state index in [4.69, 9.17) is 23.5 Å². The number of benzene rings is 2. The molecule has 15 nitrogen and oxygen atoms in total. The van der Waals surface area contributed by atoms with Crippen molar-refractivity contribution < 1.29 is 47.8 Å². The van der Waals surface area contributed by atoms with Crippen LogP contribution in [0, 0.1) is 17.3 Å². The van der Waals surface area contributed by atoms with Crippen LogP contribution in [-0.2, 0) is 37.3 Å². The number of amides is 3. The summed E-state index contributed by atoms with van der Waals surface area (Å²) >= 11 is 1.05. The largest absolute Gasteiger partial charge is 0.496 e. The molecular formula is C44H52BN5O10S. The average molecular weight is 854 g/mol. The van der Waals surface area contributed by atoms with E-state index in [2.05, 4.69) is 46.7 Å². The van der Waals surface area contributed by atoms with Crippen LogP contribution in [0.15, 0.2) is 66.2 Å². The number of pyridine rings is 1. The van der Waals surface area contributed by atoms with Crippen LogP contribution in [-0.4, -0.2) is 77.9 Å². The van der Waals surface area contributed by atoms with Gasteiger partial charge in [-0.25, -0.2) is 19.6 Å². The van der Waals surface area contributed by atoms with Crippen molar-refractivity contribution in [3.8, 4) is 11.6 Å². The Morgan fingerprint density at radius 1 is 1.02 bits per heavy atom. The van der Waals surface area contributed by atoms with Crippen LogP contribution >= 0.6 is 11.3 Å². The number of hydrogen-bond acceptors (Lipinski definition) is 12. The summed E-state index contributed by atoms with van der Waals surface area (Å²) in [4.78, 5) is 62.7. The number of aromatic nitrogens is 2. The zero-order valence-corrected chi connectivity index (χ0v) is 36.4. The molecule has 4 fully saturated rings. The van der Waals surface area contributed by atoms with Crippen LogP contribution < -0.4 is 25.4 Å². The number of thiazole rings is 1. The average Bonchev–Trinajstić information content (AvgIpc) is 3.84. The predicted molar refractivity (Wildman–Crippen MR) is 228 cm³/mol. The Kier molecular flexibility index (Phi) is 12.2. The molecule has 0 radical (unpaired) electrons. The number of carboxylic acids is 1. The Labute approximate surface area is 359 Å². The third-order valence-corrected chi connectivity index (χ3v) is 13.3. The molecule has 322 valence electrons. The second-order valence-corrected chi connectivity index (χ2v) is 18.5. The smallest absolute Gasteiger partial charge is 0.482 e. The summed E-state index contributed by atoms with van der Waals surface area (Å²) < 4.78 is 30.1. The van der Waals surface area contributed by atoms with Crippen molar-refractivity contribution in [2.45, 2.75) is 96.5 Å². The number of hydrogen-bond donors (Lipinski definition) is 4. The maximum Gasteiger partial charge on any atom is 0.482 e. The van der Waals surface area contributed by atoms with Crippen molar-refractivity contribution in [1.82, 2.24) is 20.6 Å². The van der Waals surface area contributed by atoms with E-state index in [0.29, 0.717) is 11.5 Å². The van der Waals surface area contributed by atoms with Crippen molar-refractivity contribution in [1.29, 1.82) is 0 Å². The first kappa shape index (κ1) is 43.6. The molecule has 2 bridgehead atoms. The van der Waals surface area contributed by atoms with Crippen LogP contribution in [0.5, 0.6) is 11.6 Å². The van der Waals surface area contributed by atoms with E-state index < -0.39 is 54.0 Å². The van der Waals surface area contributed by atoms with Gasteiger partial charge in [0.05, 0.1) is 37.6 Å². The summed E-state index contributed by atoms with van der Waals surface area (Å²) in [5, 5.41) is 20.5. The molecule has 17 heteroatoms. The summed E-state index contributed by atoms with van der Waals surface area (Å²) in [7, 11) is 1.88. The molecule has 1 saturated heterocycles. The summed E-state index contributed by atoms with van der Waals surface area (Å²) in [6.45, 7) is 12.7. The minimum Gasteiger partial charge on any atom is -0.496 e. The second-order valence-electron chi connectivity index (χ2n) is 17.6. The van der Waals surface area contributed by atoms with Crippen molar-refractivity contribution >= 4 is 47.5 Å². The van der Waals surface area contributed by atoms with Gasteiger partial charge in [0.2, 0.25) is 11.8 Å². The number of rotatable bonds is 14. The molecule has 1 aliphatic heterocycles. The summed E-state index contributed by atoms with van der Waals surface area (Å²) in [5.41, 5.74) is 1.36. The van der Waals surface area contributed by atoms with Crippen LogP contribution in [0.3, 0.4) is 0 Å². The number of carbonyl (C=O) groups excluding carboxylic acids is 3. The van der Waals surface area contributed by atoms with Gasteiger partial charge >= 0.3 is 19.2 Å². The Morgan fingerprint density at radius 2 is 1.77 bits per heavy atom. The molecule has 4 N–H and O–H groups in total. The Balaban J connectivity index is 1.23. The SMILES string of the molecule is COc1cc(C(=O)NC(C(=O)NC(Cc2c(C(C)(C)C)ccc(C(=O)O)c2OC)B2OC3C[C@H]4C[C@@H](C4(C)C)[C@]3(C)O2)c2csc(NC(=O)OCc3ccccc3)n2)ccn1. The van der Waals surface area contributed by atoms with E-state index in [9.17, 15) is 24.3 Å². The van der Waals surface area contributed by atoms with Gasteiger partial charge in [-0.2, -0.15) is 0 Å². The third-order valence-electron chi connectivity index (χ3n) is 12.5. The lowest BCUT2D eigenvalue weighted by Crippen LogP contribution is -2.65. The number of carbonyl (C=O) groups is 4. The summed E-state index contributed by atoms with van der Waals surface area (Å²) in [6.07, 6.45) is 2.26. The molecule has 3 unspecified atom stereocenters. The number of nitrogens with one attached hydrogen (secondary N) is 3. The molecule has 0 spiro atoms. The highest BCUT2D eigenvalue weighted by Crippen LogP contribution is 2.65. The van der Waals surface area contributed by atoms with Crippen molar-refractivity contribution in [3.63, 3.8) is 0 Å². The van der Waals surface area contributed by atoms with Gasteiger partial charge in [0, 0.05) is 28.8 Å². The van der Waals surface area contributed by atoms with E-state index in [0.717, 1.165) is 35.3 Å². The minimum atomic E-state index is -1.40. The lowest BCUT2D eigenvalue weighted by Gasteiger charge is -2.64. The van der Waals surface area contributed by atoms with Gasteiger partial charge in [-0.15, -0.1) is 11.3 Å². The number of aromatic carboxylic acids is 1. The maximum absolute atomic E-state index is 14.9. The zero-order chi connectivity index (χ0) is 43.9. The quantitative estimate of drug-likeness (QED) is 0.0974. The van der Waals surface area contributed by atoms with E-state index in [1.807, 2.05) is 51.1 Å². The number of carboxylic acid groups (broad SMARTS) is 1. The van der Waals surface area contributed by atoms with Gasteiger partial charge < -0.3 is 39.3 Å². The molecule has 4 aromatic rings. The fourth-order valence-electron chi connectivity index (χ4n) is 9.18. The first-order valence-corrected chi connectivity index (χ1v) is 21.1.